The average molecular weight is 169 g/mol. The highest BCUT2D eigenvalue weighted by molar-refractivity contribution is 5.66. The van der Waals surface area contributed by atoms with E-state index in [0.29, 0.717) is 13.0 Å². The maximum absolute atomic E-state index is 10.1. The summed E-state index contributed by atoms with van der Waals surface area (Å²) in [5, 5.41) is 11.4. The molecule has 0 aromatic carbocycles. The van der Waals surface area contributed by atoms with Gasteiger partial charge in [0.2, 0.25) is 0 Å². The maximum Gasteiger partial charge on any atom is 0.303 e. The van der Waals surface area contributed by atoms with Gasteiger partial charge in [0.15, 0.2) is 0 Å². The minimum absolute atomic E-state index is 0.188. The Morgan fingerprint density at radius 2 is 2.25 bits per heavy atom. The molecule has 0 aliphatic heterocycles. The highest BCUT2D eigenvalue weighted by atomic mass is 16.4. The van der Waals surface area contributed by atoms with Crippen molar-refractivity contribution in [3.05, 3.63) is 0 Å². The fraction of sp³-hybridized carbons (Fsp3) is 0.667. The van der Waals surface area contributed by atoms with Crippen LogP contribution in [0.1, 0.15) is 26.7 Å². The molecule has 3 heteroatoms. The lowest BCUT2D eigenvalue weighted by molar-refractivity contribution is -0.137. The number of hydrogen-bond acceptors (Lipinski definition) is 2. The summed E-state index contributed by atoms with van der Waals surface area (Å²) in [5.41, 5.74) is -0.335. The van der Waals surface area contributed by atoms with E-state index in [0.717, 1.165) is 0 Å². The van der Waals surface area contributed by atoms with E-state index in [1.54, 1.807) is 0 Å². The lowest BCUT2D eigenvalue weighted by atomic mass is 10.1. The van der Waals surface area contributed by atoms with Crippen molar-refractivity contribution >= 4 is 5.97 Å². The van der Waals surface area contributed by atoms with Gasteiger partial charge in [-0.3, -0.25) is 4.79 Å². The zero-order valence-electron chi connectivity index (χ0n) is 7.55. The van der Waals surface area contributed by atoms with Gasteiger partial charge in [0.05, 0.1) is 5.54 Å². The second-order valence-electron chi connectivity index (χ2n) is 3.19. The SMILES string of the molecule is C#CC(C)(C)NCCCC(=O)O. The third-order valence-corrected chi connectivity index (χ3v) is 1.50. The van der Waals surface area contributed by atoms with Gasteiger partial charge in [0, 0.05) is 6.42 Å². The van der Waals surface area contributed by atoms with E-state index in [1.165, 1.54) is 0 Å². The van der Waals surface area contributed by atoms with Crippen molar-refractivity contribution < 1.29 is 9.90 Å². The Hall–Kier alpha value is -1.01. The van der Waals surface area contributed by atoms with E-state index in [4.69, 9.17) is 11.5 Å². The third-order valence-electron chi connectivity index (χ3n) is 1.50. The van der Waals surface area contributed by atoms with E-state index in [9.17, 15) is 4.79 Å². The van der Waals surface area contributed by atoms with Gasteiger partial charge < -0.3 is 10.4 Å². The molecule has 0 aliphatic rings. The molecule has 0 heterocycles. The molecular weight excluding hydrogens is 154 g/mol. The molecule has 0 aromatic heterocycles. The molecule has 0 atom stereocenters. The van der Waals surface area contributed by atoms with Gasteiger partial charge in [-0.25, -0.2) is 0 Å². The average Bonchev–Trinajstić information content (AvgIpc) is 1.98. The third kappa shape index (κ3) is 5.75. The van der Waals surface area contributed by atoms with Crippen LogP contribution in [0.3, 0.4) is 0 Å². The summed E-state index contributed by atoms with van der Waals surface area (Å²) in [6.45, 7) is 4.41. The van der Waals surface area contributed by atoms with Crippen molar-refractivity contribution in [3.63, 3.8) is 0 Å². The number of nitrogens with one attached hydrogen (secondary N) is 1. The largest absolute Gasteiger partial charge is 0.481 e. The first kappa shape index (κ1) is 11.0. The van der Waals surface area contributed by atoms with Crippen LogP contribution in [0.25, 0.3) is 0 Å². The number of hydrogen-bond donors (Lipinski definition) is 2. The summed E-state index contributed by atoms with van der Waals surface area (Å²) < 4.78 is 0. The molecule has 3 nitrogen and oxygen atoms in total. The summed E-state index contributed by atoms with van der Waals surface area (Å²) in [4.78, 5) is 10.1. The molecule has 68 valence electrons. The van der Waals surface area contributed by atoms with Crippen LogP contribution in [-0.2, 0) is 4.79 Å². The molecule has 2 N–H and O–H groups in total. The van der Waals surface area contributed by atoms with Crippen molar-refractivity contribution in [1.29, 1.82) is 0 Å². The number of terminal acetylenes is 1. The van der Waals surface area contributed by atoms with Gasteiger partial charge in [0.1, 0.15) is 0 Å². The summed E-state index contributed by atoms with van der Waals surface area (Å²) in [6, 6.07) is 0. The quantitative estimate of drug-likeness (QED) is 0.474. The topological polar surface area (TPSA) is 49.3 Å². The van der Waals surface area contributed by atoms with E-state index < -0.39 is 5.97 Å². The Balaban J connectivity index is 3.45. The fourth-order valence-electron chi connectivity index (χ4n) is 0.692. The molecule has 0 saturated carbocycles. The minimum atomic E-state index is -0.768. The van der Waals surface area contributed by atoms with Gasteiger partial charge in [-0.2, -0.15) is 0 Å². The van der Waals surface area contributed by atoms with Crippen molar-refractivity contribution in [3.8, 4) is 12.3 Å². The van der Waals surface area contributed by atoms with Gasteiger partial charge in [-0.1, -0.05) is 5.92 Å². The highest BCUT2D eigenvalue weighted by Gasteiger charge is 2.11. The fourth-order valence-corrected chi connectivity index (χ4v) is 0.692. The van der Waals surface area contributed by atoms with Crippen LogP contribution >= 0.6 is 0 Å². The van der Waals surface area contributed by atoms with Crippen LogP contribution in [0.15, 0.2) is 0 Å². The number of carboxylic acid groups (broad SMARTS) is 1. The van der Waals surface area contributed by atoms with E-state index >= 15 is 0 Å². The number of rotatable bonds is 5. The standard InChI is InChI=1S/C9H15NO2/c1-4-9(2,3)10-7-5-6-8(11)12/h1,10H,5-7H2,2-3H3,(H,11,12). The van der Waals surface area contributed by atoms with Crippen molar-refractivity contribution in [2.45, 2.75) is 32.2 Å². The monoisotopic (exact) mass is 169 g/mol. The molecule has 0 rings (SSSR count). The van der Waals surface area contributed by atoms with Gasteiger partial charge >= 0.3 is 5.97 Å². The molecule has 0 unspecified atom stereocenters. The first-order valence-corrected chi connectivity index (χ1v) is 3.92. The number of aliphatic carboxylic acids is 1. The van der Waals surface area contributed by atoms with E-state index in [1.807, 2.05) is 13.8 Å². The predicted molar refractivity (Wildman–Crippen MR) is 47.8 cm³/mol. The van der Waals surface area contributed by atoms with Crippen LogP contribution in [-0.4, -0.2) is 23.2 Å². The first-order valence-electron chi connectivity index (χ1n) is 3.92. The first-order chi connectivity index (χ1) is 5.48. The van der Waals surface area contributed by atoms with Crippen LogP contribution in [0.2, 0.25) is 0 Å². The molecule has 12 heavy (non-hydrogen) atoms. The van der Waals surface area contributed by atoms with Crippen molar-refractivity contribution in [2.24, 2.45) is 0 Å². The summed E-state index contributed by atoms with van der Waals surface area (Å²) in [6.07, 6.45) is 6.02. The summed E-state index contributed by atoms with van der Waals surface area (Å²) in [7, 11) is 0. The number of carbonyl (C=O) groups is 1. The molecule has 0 spiro atoms. The molecule has 0 saturated heterocycles. The molecule has 0 amide bonds. The normalized spacial score (nSPS) is 10.8. The Bertz CT molecular complexity index is 191. The van der Waals surface area contributed by atoms with Gasteiger partial charge in [0.25, 0.3) is 0 Å². The van der Waals surface area contributed by atoms with E-state index in [-0.39, 0.29) is 12.0 Å². The number of carboxylic acids is 1. The second-order valence-corrected chi connectivity index (χ2v) is 3.19. The lowest BCUT2D eigenvalue weighted by Crippen LogP contribution is -2.38. The van der Waals surface area contributed by atoms with Crippen LogP contribution in [0, 0.1) is 12.3 Å². The zero-order chi connectivity index (χ0) is 9.61. The van der Waals surface area contributed by atoms with Crippen LogP contribution < -0.4 is 5.32 Å². The Kier molecular flexibility index (Phi) is 4.38. The minimum Gasteiger partial charge on any atom is -0.481 e. The highest BCUT2D eigenvalue weighted by Crippen LogP contribution is 1.99. The predicted octanol–water partition coefficient (Wildman–Crippen LogP) is 0.853. The van der Waals surface area contributed by atoms with Gasteiger partial charge in [-0.15, -0.1) is 6.42 Å². The second kappa shape index (κ2) is 4.78. The molecule has 0 bridgehead atoms. The Labute approximate surface area is 73.2 Å². The summed E-state index contributed by atoms with van der Waals surface area (Å²) in [5.74, 6) is 1.80. The Morgan fingerprint density at radius 1 is 1.67 bits per heavy atom. The van der Waals surface area contributed by atoms with E-state index in [2.05, 4.69) is 11.2 Å². The van der Waals surface area contributed by atoms with Crippen molar-refractivity contribution in [2.75, 3.05) is 6.54 Å². The molecule has 0 radical (unpaired) electrons. The van der Waals surface area contributed by atoms with Crippen LogP contribution in [0.4, 0.5) is 0 Å². The van der Waals surface area contributed by atoms with Crippen molar-refractivity contribution in [1.82, 2.24) is 5.32 Å². The molecular formula is C9H15NO2. The molecule has 0 fully saturated rings. The molecule has 0 aromatic rings. The Morgan fingerprint density at radius 3 is 2.67 bits per heavy atom. The maximum atomic E-state index is 10.1. The lowest BCUT2D eigenvalue weighted by Gasteiger charge is -2.18. The summed E-state index contributed by atoms with van der Waals surface area (Å²) >= 11 is 0. The zero-order valence-corrected chi connectivity index (χ0v) is 7.55. The van der Waals surface area contributed by atoms with Crippen LogP contribution in [0.5, 0.6) is 0 Å². The molecule has 0 aliphatic carbocycles. The van der Waals surface area contributed by atoms with Gasteiger partial charge in [-0.05, 0) is 26.8 Å². The smallest absolute Gasteiger partial charge is 0.303 e.